The van der Waals surface area contributed by atoms with E-state index in [1.54, 1.807) is 0 Å². The first-order valence-corrected chi connectivity index (χ1v) is 7.98. The van der Waals surface area contributed by atoms with E-state index in [9.17, 15) is 18.0 Å². The van der Waals surface area contributed by atoms with Crippen molar-refractivity contribution in [1.29, 1.82) is 0 Å². The number of ether oxygens (including phenoxy) is 1. The van der Waals surface area contributed by atoms with Gasteiger partial charge in [0.2, 0.25) is 0 Å². The number of amides is 1. The molecular weight excluding hydrogens is 335 g/mol. The molecule has 0 atom stereocenters. The van der Waals surface area contributed by atoms with Crippen LogP contribution in [-0.2, 0) is 12.8 Å². The number of aromatic nitrogens is 2. The van der Waals surface area contributed by atoms with Crippen LogP contribution in [0.3, 0.4) is 0 Å². The van der Waals surface area contributed by atoms with Gasteiger partial charge in [-0.1, -0.05) is 19.9 Å². The summed E-state index contributed by atoms with van der Waals surface area (Å²) in [5.41, 5.74) is -0.0681. The second-order valence-electron chi connectivity index (χ2n) is 5.58. The van der Waals surface area contributed by atoms with Crippen LogP contribution in [0.25, 0.3) is 0 Å². The number of hydrogen-bond acceptors (Lipinski definition) is 3. The number of carbonyl (C=O) groups is 1. The van der Waals surface area contributed by atoms with Gasteiger partial charge in [-0.15, -0.1) is 0 Å². The molecule has 0 aliphatic rings. The van der Waals surface area contributed by atoms with Gasteiger partial charge in [-0.3, -0.25) is 9.89 Å². The van der Waals surface area contributed by atoms with Crippen molar-refractivity contribution in [1.82, 2.24) is 15.5 Å². The van der Waals surface area contributed by atoms with E-state index in [-0.39, 0.29) is 30.0 Å². The normalized spacial score (nSPS) is 11.6. The molecule has 0 radical (unpaired) electrons. The predicted octanol–water partition coefficient (Wildman–Crippen LogP) is 3.93. The Bertz CT molecular complexity index is 709. The molecule has 0 aliphatic carbocycles. The largest absolute Gasteiger partial charge is 0.487 e. The fourth-order valence-electron chi connectivity index (χ4n) is 2.23. The molecule has 1 aromatic carbocycles. The van der Waals surface area contributed by atoms with Crippen LogP contribution in [0, 0.1) is 0 Å². The summed E-state index contributed by atoms with van der Waals surface area (Å²) < 4.78 is 43.4. The number of nitrogens with zero attached hydrogens (tertiary/aromatic N) is 1. The van der Waals surface area contributed by atoms with Gasteiger partial charge in [0.1, 0.15) is 18.1 Å². The highest BCUT2D eigenvalue weighted by molar-refractivity contribution is 5.92. The molecule has 136 valence electrons. The molecule has 0 unspecified atom stereocenters. The number of nitrogens with one attached hydrogen (secondary N) is 2. The Kier molecular flexibility index (Phi) is 6.06. The summed E-state index contributed by atoms with van der Waals surface area (Å²) >= 11 is 0. The van der Waals surface area contributed by atoms with Crippen LogP contribution in [0.15, 0.2) is 30.3 Å². The summed E-state index contributed by atoms with van der Waals surface area (Å²) in [6.07, 6.45) is -2.79. The first-order valence-electron chi connectivity index (χ1n) is 7.98. The average Bonchev–Trinajstić information content (AvgIpc) is 3.06. The number of aromatic amines is 1. The minimum absolute atomic E-state index is 0.0213. The monoisotopic (exact) mass is 355 g/mol. The minimum atomic E-state index is -4.42. The zero-order valence-electron chi connectivity index (χ0n) is 14.0. The molecule has 0 aliphatic heterocycles. The Labute approximate surface area is 143 Å². The fourth-order valence-corrected chi connectivity index (χ4v) is 2.23. The van der Waals surface area contributed by atoms with E-state index in [1.807, 2.05) is 13.8 Å². The SMILES string of the molecule is CCC(CC)NC(=O)c1cc(COc2cccc(C(F)(F)F)c2)[nH]n1. The molecule has 8 heteroatoms. The number of alkyl halides is 3. The molecule has 0 bridgehead atoms. The van der Waals surface area contributed by atoms with E-state index in [0.29, 0.717) is 5.69 Å². The summed E-state index contributed by atoms with van der Waals surface area (Å²) in [6.45, 7) is 3.94. The van der Waals surface area contributed by atoms with E-state index in [4.69, 9.17) is 4.74 Å². The van der Waals surface area contributed by atoms with Crippen LogP contribution in [-0.4, -0.2) is 22.1 Å². The Morgan fingerprint density at radius 2 is 2.00 bits per heavy atom. The lowest BCUT2D eigenvalue weighted by atomic mass is 10.1. The van der Waals surface area contributed by atoms with Crippen molar-refractivity contribution in [3.8, 4) is 5.75 Å². The number of benzene rings is 1. The molecule has 1 aromatic heterocycles. The minimum Gasteiger partial charge on any atom is -0.487 e. The predicted molar refractivity (Wildman–Crippen MR) is 86.2 cm³/mol. The molecule has 1 amide bonds. The average molecular weight is 355 g/mol. The summed E-state index contributed by atoms with van der Waals surface area (Å²) in [5.74, 6) is -0.206. The topological polar surface area (TPSA) is 67.0 Å². The fraction of sp³-hybridized carbons (Fsp3) is 0.412. The molecule has 0 saturated carbocycles. The summed E-state index contributed by atoms with van der Waals surface area (Å²) in [6, 6.07) is 6.21. The number of H-pyrrole nitrogens is 1. The lowest BCUT2D eigenvalue weighted by Gasteiger charge is -2.13. The van der Waals surface area contributed by atoms with E-state index < -0.39 is 11.7 Å². The number of rotatable bonds is 7. The molecule has 2 aromatic rings. The lowest BCUT2D eigenvalue weighted by molar-refractivity contribution is -0.137. The molecule has 0 spiro atoms. The van der Waals surface area contributed by atoms with Crippen LogP contribution in [0.4, 0.5) is 13.2 Å². The quantitative estimate of drug-likeness (QED) is 0.791. The van der Waals surface area contributed by atoms with E-state index in [0.717, 1.165) is 25.0 Å². The van der Waals surface area contributed by atoms with E-state index >= 15 is 0 Å². The van der Waals surface area contributed by atoms with Gasteiger partial charge in [-0.2, -0.15) is 18.3 Å². The van der Waals surface area contributed by atoms with Crippen molar-refractivity contribution in [3.63, 3.8) is 0 Å². The highest BCUT2D eigenvalue weighted by Crippen LogP contribution is 2.31. The summed E-state index contributed by atoms with van der Waals surface area (Å²) in [5, 5.41) is 9.42. The molecule has 1 heterocycles. The third-order valence-electron chi connectivity index (χ3n) is 3.74. The van der Waals surface area contributed by atoms with Gasteiger partial charge in [0.25, 0.3) is 5.91 Å². The maximum absolute atomic E-state index is 12.7. The molecule has 25 heavy (non-hydrogen) atoms. The van der Waals surface area contributed by atoms with Crippen molar-refractivity contribution in [3.05, 3.63) is 47.3 Å². The second kappa shape index (κ2) is 8.04. The van der Waals surface area contributed by atoms with Crippen LogP contribution in [0.1, 0.15) is 48.4 Å². The van der Waals surface area contributed by atoms with Gasteiger partial charge in [-0.25, -0.2) is 0 Å². The Morgan fingerprint density at radius 1 is 1.28 bits per heavy atom. The van der Waals surface area contributed by atoms with E-state index in [2.05, 4.69) is 15.5 Å². The van der Waals surface area contributed by atoms with Gasteiger partial charge in [0, 0.05) is 6.04 Å². The summed E-state index contributed by atoms with van der Waals surface area (Å²) in [7, 11) is 0. The number of hydrogen-bond donors (Lipinski definition) is 2. The molecule has 0 saturated heterocycles. The maximum atomic E-state index is 12.7. The summed E-state index contributed by atoms with van der Waals surface area (Å²) in [4.78, 5) is 12.1. The Morgan fingerprint density at radius 3 is 2.64 bits per heavy atom. The maximum Gasteiger partial charge on any atom is 0.416 e. The van der Waals surface area contributed by atoms with Crippen LogP contribution < -0.4 is 10.1 Å². The molecular formula is C17H20F3N3O2. The van der Waals surface area contributed by atoms with Gasteiger partial charge in [-0.05, 0) is 37.1 Å². The smallest absolute Gasteiger partial charge is 0.416 e. The number of carbonyl (C=O) groups excluding carboxylic acids is 1. The highest BCUT2D eigenvalue weighted by Gasteiger charge is 2.30. The van der Waals surface area contributed by atoms with Crippen molar-refractivity contribution in [2.45, 2.75) is 45.5 Å². The first-order chi connectivity index (χ1) is 11.8. The molecule has 5 nitrogen and oxygen atoms in total. The number of halogens is 3. The van der Waals surface area contributed by atoms with Crippen LogP contribution in [0.5, 0.6) is 5.75 Å². The van der Waals surface area contributed by atoms with Crippen LogP contribution >= 0.6 is 0 Å². The molecule has 0 fully saturated rings. The second-order valence-corrected chi connectivity index (χ2v) is 5.58. The third-order valence-corrected chi connectivity index (χ3v) is 3.74. The van der Waals surface area contributed by atoms with Gasteiger partial charge < -0.3 is 10.1 Å². The third kappa shape index (κ3) is 5.23. The molecule has 2 rings (SSSR count). The van der Waals surface area contributed by atoms with Gasteiger partial charge in [0.05, 0.1) is 11.3 Å². The highest BCUT2D eigenvalue weighted by atomic mass is 19.4. The van der Waals surface area contributed by atoms with Crippen molar-refractivity contribution in [2.75, 3.05) is 0 Å². The van der Waals surface area contributed by atoms with Crippen molar-refractivity contribution in [2.24, 2.45) is 0 Å². The van der Waals surface area contributed by atoms with Gasteiger partial charge >= 0.3 is 6.18 Å². The lowest BCUT2D eigenvalue weighted by Crippen LogP contribution is -2.34. The Balaban J connectivity index is 1.97. The first kappa shape index (κ1) is 18.8. The standard InChI is InChI=1S/C17H20F3N3O2/c1-3-12(4-2)21-16(24)15-9-13(22-23-15)10-25-14-7-5-6-11(8-14)17(18,19)20/h5-9,12H,3-4,10H2,1-2H3,(H,21,24)(H,22,23). The molecule has 2 N–H and O–H groups in total. The zero-order chi connectivity index (χ0) is 18.4. The van der Waals surface area contributed by atoms with Crippen molar-refractivity contribution < 1.29 is 22.7 Å². The van der Waals surface area contributed by atoms with Crippen molar-refractivity contribution >= 4 is 5.91 Å². The van der Waals surface area contributed by atoms with Crippen LogP contribution in [0.2, 0.25) is 0 Å². The van der Waals surface area contributed by atoms with Gasteiger partial charge in [0.15, 0.2) is 0 Å². The van der Waals surface area contributed by atoms with E-state index in [1.165, 1.54) is 18.2 Å². The zero-order valence-corrected chi connectivity index (χ0v) is 14.0. The Hall–Kier alpha value is -2.51.